The SMILES string of the molecule is O=C(O)c1ccc(C(Cc2ccc(Cl)cc2)C(=O)O)cc1. The molecule has 21 heavy (non-hydrogen) atoms. The van der Waals surface area contributed by atoms with E-state index in [0.29, 0.717) is 17.0 Å². The molecule has 0 saturated carbocycles. The molecule has 2 aromatic rings. The van der Waals surface area contributed by atoms with Crippen LogP contribution < -0.4 is 0 Å². The van der Waals surface area contributed by atoms with Gasteiger partial charge in [-0.15, -0.1) is 0 Å². The van der Waals surface area contributed by atoms with Gasteiger partial charge in [0.25, 0.3) is 0 Å². The maximum absolute atomic E-state index is 11.4. The Morgan fingerprint density at radius 1 is 0.952 bits per heavy atom. The van der Waals surface area contributed by atoms with Crippen molar-refractivity contribution in [2.75, 3.05) is 0 Å². The molecule has 0 amide bonds. The summed E-state index contributed by atoms with van der Waals surface area (Å²) in [6.07, 6.45) is 0.318. The average Bonchev–Trinajstić information content (AvgIpc) is 2.46. The van der Waals surface area contributed by atoms with Crippen LogP contribution in [0.2, 0.25) is 5.02 Å². The van der Waals surface area contributed by atoms with Gasteiger partial charge in [0.15, 0.2) is 0 Å². The molecule has 1 atom stereocenters. The fraction of sp³-hybridized carbons (Fsp3) is 0.125. The predicted octanol–water partition coefficient (Wildman–Crippen LogP) is 3.45. The summed E-state index contributed by atoms with van der Waals surface area (Å²) in [4.78, 5) is 22.3. The fourth-order valence-electron chi connectivity index (χ4n) is 2.06. The van der Waals surface area contributed by atoms with Gasteiger partial charge in [-0.3, -0.25) is 4.79 Å². The summed E-state index contributed by atoms with van der Waals surface area (Å²) in [5.41, 5.74) is 1.56. The first kappa shape index (κ1) is 15.1. The van der Waals surface area contributed by atoms with Crippen molar-refractivity contribution in [2.24, 2.45) is 0 Å². The molecular weight excluding hydrogens is 292 g/mol. The quantitative estimate of drug-likeness (QED) is 0.887. The van der Waals surface area contributed by atoms with Gasteiger partial charge in [0.1, 0.15) is 0 Å². The normalized spacial score (nSPS) is 11.9. The third-order valence-electron chi connectivity index (χ3n) is 3.21. The molecule has 0 bridgehead atoms. The minimum absolute atomic E-state index is 0.134. The van der Waals surface area contributed by atoms with Crippen LogP contribution in [0.25, 0.3) is 0 Å². The number of hydrogen-bond donors (Lipinski definition) is 2. The zero-order chi connectivity index (χ0) is 15.4. The van der Waals surface area contributed by atoms with E-state index in [0.717, 1.165) is 5.56 Å². The van der Waals surface area contributed by atoms with E-state index in [2.05, 4.69) is 0 Å². The van der Waals surface area contributed by atoms with Crippen LogP contribution in [0.3, 0.4) is 0 Å². The molecule has 0 saturated heterocycles. The van der Waals surface area contributed by atoms with Crippen molar-refractivity contribution < 1.29 is 19.8 Å². The Labute approximate surface area is 126 Å². The topological polar surface area (TPSA) is 74.6 Å². The molecular formula is C16H13ClO4. The Hall–Kier alpha value is -2.33. The van der Waals surface area contributed by atoms with Crippen molar-refractivity contribution in [3.05, 3.63) is 70.2 Å². The molecule has 0 aromatic heterocycles. The van der Waals surface area contributed by atoms with Crippen LogP contribution >= 0.6 is 11.6 Å². The Kier molecular flexibility index (Phi) is 4.60. The van der Waals surface area contributed by atoms with E-state index in [9.17, 15) is 14.7 Å². The summed E-state index contributed by atoms with van der Waals surface area (Å²) in [5.74, 6) is -2.71. The zero-order valence-corrected chi connectivity index (χ0v) is 11.7. The highest BCUT2D eigenvalue weighted by Gasteiger charge is 2.20. The van der Waals surface area contributed by atoms with Crippen molar-refractivity contribution in [1.82, 2.24) is 0 Å². The Morgan fingerprint density at radius 2 is 1.52 bits per heavy atom. The third kappa shape index (κ3) is 3.83. The first-order valence-corrected chi connectivity index (χ1v) is 6.65. The minimum atomic E-state index is -1.04. The number of hydrogen-bond acceptors (Lipinski definition) is 2. The van der Waals surface area contributed by atoms with Crippen molar-refractivity contribution in [3.8, 4) is 0 Å². The smallest absolute Gasteiger partial charge is 0.335 e. The Morgan fingerprint density at radius 3 is 2.00 bits per heavy atom. The standard InChI is InChI=1S/C16H13ClO4/c17-13-7-1-10(2-8-13)9-14(16(20)21)11-3-5-12(6-4-11)15(18)19/h1-8,14H,9H2,(H,18,19)(H,20,21). The summed E-state index contributed by atoms with van der Waals surface area (Å²) >= 11 is 5.80. The van der Waals surface area contributed by atoms with Crippen LogP contribution in [0.1, 0.15) is 27.4 Å². The van der Waals surface area contributed by atoms with Gasteiger partial charge in [-0.1, -0.05) is 35.9 Å². The molecule has 0 aliphatic carbocycles. The van der Waals surface area contributed by atoms with Crippen LogP contribution in [0.5, 0.6) is 0 Å². The maximum atomic E-state index is 11.4. The molecule has 2 N–H and O–H groups in total. The zero-order valence-electron chi connectivity index (χ0n) is 11.0. The van der Waals surface area contributed by atoms with Gasteiger partial charge in [0.2, 0.25) is 0 Å². The number of halogens is 1. The lowest BCUT2D eigenvalue weighted by Gasteiger charge is -2.13. The molecule has 0 heterocycles. The largest absolute Gasteiger partial charge is 0.481 e. The number of aliphatic carboxylic acids is 1. The van der Waals surface area contributed by atoms with E-state index in [4.69, 9.17) is 16.7 Å². The Balaban J connectivity index is 2.24. The highest BCUT2D eigenvalue weighted by atomic mass is 35.5. The molecule has 108 valence electrons. The number of carboxylic acid groups (broad SMARTS) is 2. The summed E-state index contributed by atoms with van der Waals surface area (Å²) < 4.78 is 0. The molecule has 0 fully saturated rings. The number of rotatable bonds is 5. The van der Waals surface area contributed by atoms with Crippen LogP contribution in [-0.2, 0) is 11.2 Å². The molecule has 5 heteroatoms. The second-order valence-electron chi connectivity index (χ2n) is 4.65. The number of aromatic carboxylic acids is 1. The lowest BCUT2D eigenvalue weighted by atomic mass is 9.91. The molecule has 0 spiro atoms. The number of carbonyl (C=O) groups is 2. The van der Waals surface area contributed by atoms with Crippen molar-refractivity contribution in [2.45, 2.75) is 12.3 Å². The van der Waals surface area contributed by atoms with Gasteiger partial charge >= 0.3 is 11.9 Å². The highest BCUT2D eigenvalue weighted by molar-refractivity contribution is 6.30. The van der Waals surface area contributed by atoms with E-state index in [1.165, 1.54) is 24.3 Å². The van der Waals surface area contributed by atoms with Crippen LogP contribution in [0, 0.1) is 0 Å². The van der Waals surface area contributed by atoms with Crippen molar-refractivity contribution in [3.63, 3.8) is 0 Å². The number of benzene rings is 2. The van der Waals surface area contributed by atoms with Crippen molar-refractivity contribution in [1.29, 1.82) is 0 Å². The fourth-order valence-corrected chi connectivity index (χ4v) is 2.19. The van der Waals surface area contributed by atoms with E-state index in [1.807, 2.05) is 0 Å². The highest BCUT2D eigenvalue weighted by Crippen LogP contribution is 2.23. The van der Waals surface area contributed by atoms with E-state index in [1.54, 1.807) is 24.3 Å². The summed E-state index contributed by atoms with van der Waals surface area (Å²) in [6.45, 7) is 0. The second kappa shape index (κ2) is 6.41. The lowest BCUT2D eigenvalue weighted by molar-refractivity contribution is -0.138. The molecule has 0 radical (unpaired) electrons. The first-order valence-electron chi connectivity index (χ1n) is 6.28. The predicted molar refractivity (Wildman–Crippen MR) is 78.9 cm³/mol. The van der Waals surface area contributed by atoms with Crippen LogP contribution in [0.4, 0.5) is 0 Å². The molecule has 2 rings (SSSR count). The molecule has 2 aromatic carbocycles. The van der Waals surface area contributed by atoms with Gasteiger partial charge < -0.3 is 10.2 Å². The summed E-state index contributed by atoms with van der Waals surface area (Å²) in [5, 5.41) is 18.8. The molecule has 1 unspecified atom stereocenters. The monoisotopic (exact) mass is 304 g/mol. The van der Waals surface area contributed by atoms with E-state index >= 15 is 0 Å². The number of carboxylic acids is 2. The first-order chi connectivity index (χ1) is 9.97. The average molecular weight is 305 g/mol. The second-order valence-corrected chi connectivity index (χ2v) is 5.09. The van der Waals surface area contributed by atoms with Crippen LogP contribution in [0.15, 0.2) is 48.5 Å². The van der Waals surface area contributed by atoms with Crippen molar-refractivity contribution >= 4 is 23.5 Å². The van der Waals surface area contributed by atoms with Gasteiger partial charge in [0, 0.05) is 5.02 Å². The molecule has 4 nitrogen and oxygen atoms in total. The van der Waals surface area contributed by atoms with E-state index < -0.39 is 17.9 Å². The van der Waals surface area contributed by atoms with Gasteiger partial charge in [0.05, 0.1) is 11.5 Å². The van der Waals surface area contributed by atoms with Crippen LogP contribution in [-0.4, -0.2) is 22.2 Å². The third-order valence-corrected chi connectivity index (χ3v) is 3.46. The maximum Gasteiger partial charge on any atom is 0.335 e. The molecule has 0 aliphatic rings. The van der Waals surface area contributed by atoms with Gasteiger partial charge in [-0.25, -0.2) is 4.79 Å². The van der Waals surface area contributed by atoms with Gasteiger partial charge in [-0.2, -0.15) is 0 Å². The minimum Gasteiger partial charge on any atom is -0.481 e. The summed E-state index contributed by atoms with van der Waals surface area (Å²) in [7, 11) is 0. The lowest BCUT2D eigenvalue weighted by Crippen LogP contribution is -2.14. The van der Waals surface area contributed by atoms with Gasteiger partial charge in [-0.05, 0) is 41.8 Å². The Bertz CT molecular complexity index is 647. The van der Waals surface area contributed by atoms with E-state index in [-0.39, 0.29) is 5.56 Å². The molecule has 0 aliphatic heterocycles. The summed E-state index contributed by atoms with van der Waals surface area (Å²) in [6, 6.07) is 12.9.